The highest BCUT2D eigenvalue weighted by molar-refractivity contribution is 6.30. The number of hydrogen-bond donors (Lipinski definition) is 0. The molecule has 0 amide bonds. The molecular weight excluding hydrogens is 252 g/mol. The largest absolute Gasteiger partial charge is 0.494 e. The van der Waals surface area contributed by atoms with Gasteiger partial charge in [0.15, 0.2) is 5.78 Å². The van der Waals surface area contributed by atoms with Gasteiger partial charge >= 0.3 is 0 Å². The van der Waals surface area contributed by atoms with E-state index in [2.05, 4.69) is 5.10 Å². The number of Topliss-reactive ketones (excluding diaryl/α,β-unsaturated/α-hetero) is 1. The number of benzene rings is 1. The Morgan fingerprint density at radius 1 is 1.44 bits per heavy atom. The summed E-state index contributed by atoms with van der Waals surface area (Å²) in [5, 5.41) is 4.80. The molecule has 0 spiro atoms. The predicted molar refractivity (Wildman–Crippen MR) is 69.9 cm³/mol. The van der Waals surface area contributed by atoms with Crippen molar-refractivity contribution in [3.8, 4) is 11.4 Å². The van der Waals surface area contributed by atoms with Gasteiger partial charge in [0.05, 0.1) is 24.6 Å². The van der Waals surface area contributed by atoms with Crippen LogP contribution in [0.25, 0.3) is 5.69 Å². The number of hydrogen-bond acceptors (Lipinski definition) is 3. The van der Waals surface area contributed by atoms with Gasteiger partial charge in [-0.1, -0.05) is 11.6 Å². The standard InChI is InChI=1S/C13H13ClN2O2/c1-8-11(9(2)17)7-15-16(8)12-6-10(14)4-5-13(12)18-3/h4-7H,1-3H3. The molecule has 0 aliphatic heterocycles. The number of rotatable bonds is 3. The summed E-state index contributed by atoms with van der Waals surface area (Å²) >= 11 is 5.98. The van der Waals surface area contributed by atoms with Crippen molar-refractivity contribution in [2.75, 3.05) is 7.11 Å². The van der Waals surface area contributed by atoms with Crippen molar-refractivity contribution >= 4 is 17.4 Å². The van der Waals surface area contributed by atoms with E-state index in [0.29, 0.717) is 16.3 Å². The molecule has 1 heterocycles. The first-order chi connectivity index (χ1) is 8.54. The number of nitrogens with zero attached hydrogens (tertiary/aromatic N) is 2. The maximum absolute atomic E-state index is 11.4. The molecule has 0 radical (unpaired) electrons. The Balaban J connectivity index is 2.61. The summed E-state index contributed by atoms with van der Waals surface area (Å²) in [6, 6.07) is 5.27. The molecule has 0 unspecified atom stereocenters. The van der Waals surface area contributed by atoms with Crippen LogP contribution in [0.3, 0.4) is 0 Å². The van der Waals surface area contributed by atoms with Gasteiger partial charge in [-0.3, -0.25) is 4.79 Å². The molecule has 0 aliphatic carbocycles. The average Bonchev–Trinajstić information content (AvgIpc) is 2.71. The second-order valence-electron chi connectivity index (χ2n) is 3.93. The summed E-state index contributed by atoms with van der Waals surface area (Å²) in [5.74, 6) is 0.639. The van der Waals surface area contributed by atoms with Gasteiger partial charge in [0.25, 0.3) is 0 Å². The lowest BCUT2D eigenvalue weighted by Crippen LogP contribution is -2.03. The number of carbonyl (C=O) groups is 1. The molecule has 2 aromatic rings. The van der Waals surface area contributed by atoms with E-state index in [1.54, 1.807) is 36.2 Å². The van der Waals surface area contributed by atoms with Crippen LogP contribution in [0.1, 0.15) is 23.0 Å². The van der Waals surface area contributed by atoms with Gasteiger partial charge in [0, 0.05) is 5.02 Å². The van der Waals surface area contributed by atoms with Gasteiger partial charge in [-0.2, -0.15) is 5.10 Å². The van der Waals surface area contributed by atoms with E-state index < -0.39 is 0 Å². The molecule has 18 heavy (non-hydrogen) atoms. The summed E-state index contributed by atoms with van der Waals surface area (Å²) < 4.78 is 6.93. The quantitative estimate of drug-likeness (QED) is 0.801. The van der Waals surface area contributed by atoms with Crippen LogP contribution in [0, 0.1) is 6.92 Å². The lowest BCUT2D eigenvalue weighted by molar-refractivity contribution is 0.101. The first-order valence-electron chi connectivity index (χ1n) is 5.44. The molecule has 5 heteroatoms. The summed E-state index contributed by atoms with van der Waals surface area (Å²) in [6.45, 7) is 3.35. The molecule has 0 saturated heterocycles. The van der Waals surface area contributed by atoms with E-state index in [-0.39, 0.29) is 5.78 Å². The lowest BCUT2D eigenvalue weighted by Gasteiger charge is -2.10. The van der Waals surface area contributed by atoms with E-state index >= 15 is 0 Å². The molecule has 94 valence electrons. The zero-order valence-electron chi connectivity index (χ0n) is 10.4. The number of ketones is 1. The highest BCUT2D eigenvalue weighted by atomic mass is 35.5. The van der Waals surface area contributed by atoms with Crippen molar-refractivity contribution in [3.05, 3.63) is 40.7 Å². The number of carbonyl (C=O) groups excluding carboxylic acids is 1. The molecule has 0 aliphatic rings. The third kappa shape index (κ3) is 2.11. The number of aromatic nitrogens is 2. The van der Waals surface area contributed by atoms with Crippen molar-refractivity contribution in [1.29, 1.82) is 0 Å². The van der Waals surface area contributed by atoms with Crippen LogP contribution in [0.4, 0.5) is 0 Å². The second kappa shape index (κ2) is 4.82. The number of halogens is 1. The molecule has 2 rings (SSSR count). The van der Waals surface area contributed by atoms with Crippen molar-refractivity contribution in [3.63, 3.8) is 0 Å². The molecule has 0 saturated carbocycles. The Labute approximate surface area is 110 Å². The van der Waals surface area contributed by atoms with Gasteiger partial charge in [-0.05, 0) is 32.0 Å². The first kappa shape index (κ1) is 12.6. The zero-order chi connectivity index (χ0) is 13.3. The topological polar surface area (TPSA) is 44.1 Å². The molecule has 0 fully saturated rings. The fourth-order valence-electron chi connectivity index (χ4n) is 1.83. The zero-order valence-corrected chi connectivity index (χ0v) is 11.2. The number of methoxy groups -OCH3 is 1. The lowest BCUT2D eigenvalue weighted by atomic mass is 10.2. The Morgan fingerprint density at radius 3 is 2.72 bits per heavy atom. The van der Waals surface area contributed by atoms with E-state index in [9.17, 15) is 4.79 Å². The van der Waals surface area contributed by atoms with E-state index in [0.717, 1.165) is 11.4 Å². The second-order valence-corrected chi connectivity index (χ2v) is 4.36. The van der Waals surface area contributed by atoms with Crippen LogP contribution < -0.4 is 4.74 Å². The SMILES string of the molecule is COc1ccc(Cl)cc1-n1ncc(C(C)=O)c1C. The minimum absolute atomic E-state index is 0.0141. The summed E-state index contributed by atoms with van der Waals surface area (Å²) in [5.41, 5.74) is 2.08. The fraction of sp³-hybridized carbons (Fsp3) is 0.231. The fourth-order valence-corrected chi connectivity index (χ4v) is 1.99. The van der Waals surface area contributed by atoms with Crippen molar-refractivity contribution < 1.29 is 9.53 Å². The maximum atomic E-state index is 11.4. The van der Waals surface area contributed by atoms with Gasteiger partial charge < -0.3 is 4.74 Å². The molecule has 0 bridgehead atoms. The van der Waals surface area contributed by atoms with Gasteiger partial charge in [-0.25, -0.2) is 4.68 Å². The van der Waals surface area contributed by atoms with Crippen LogP contribution in [-0.4, -0.2) is 22.7 Å². The summed E-state index contributed by atoms with van der Waals surface area (Å²) in [7, 11) is 1.58. The maximum Gasteiger partial charge on any atom is 0.163 e. The Hall–Kier alpha value is -1.81. The molecule has 1 aromatic carbocycles. The highest BCUT2D eigenvalue weighted by Crippen LogP contribution is 2.27. The monoisotopic (exact) mass is 264 g/mol. The molecule has 4 nitrogen and oxygen atoms in total. The minimum Gasteiger partial charge on any atom is -0.494 e. The van der Waals surface area contributed by atoms with E-state index in [1.165, 1.54) is 6.92 Å². The third-order valence-electron chi connectivity index (χ3n) is 2.76. The summed E-state index contributed by atoms with van der Waals surface area (Å²) in [4.78, 5) is 11.4. The highest BCUT2D eigenvalue weighted by Gasteiger charge is 2.14. The Bertz CT molecular complexity index is 605. The normalized spacial score (nSPS) is 10.4. The molecule has 0 atom stereocenters. The van der Waals surface area contributed by atoms with Crippen molar-refractivity contribution in [2.45, 2.75) is 13.8 Å². The Kier molecular flexibility index (Phi) is 3.39. The first-order valence-corrected chi connectivity index (χ1v) is 5.82. The molecule has 1 aromatic heterocycles. The van der Waals surface area contributed by atoms with Crippen LogP contribution >= 0.6 is 11.6 Å². The molecule has 0 N–H and O–H groups in total. The van der Waals surface area contributed by atoms with Crippen molar-refractivity contribution in [1.82, 2.24) is 9.78 Å². The Morgan fingerprint density at radius 2 is 2.17 bits per heavy atom. The van der Waals surface area contributed by atoms with E-state index in [4.69, 9.17) is 16.3 Å². The predicted octanol–water partition coefficient (Wildman–Crippen LogP) is 3.05. The number of ether oxygens (including phenoxy) is 1. The summed E-state index contributed by atoms with van der Waals surface area (Å²) in [6.07, 6.45) is 1.55. The van der Waals surface area contributed by atoms with Crippen LogP contribution in [0.2, 0.25) is 5.02 Å². The van der Waals surface area contributed by atoms with Crippen LogP contribution in [-0.2, 0) is 0 Å². The van der Waals surface area contributed by atoms with Crippen LogP contribution in [0.15, 0.2) is 24.4 Å². The third-order valence-corrected chi connectivity index (χ3v) is 2.99. The van der Waals surface area contributed by atoms with Crippen LogP contribution in [0.5, 0.6) is 5.75 Å². The van der Waals surface area contributed by atoms with Crippen molar-refractivity contribution in [2.24, 2.45) is 0 Å². The van der Waals surface area contributed by atoms with Gasteiger partial charge in [0.1, 0.15) is 11.4 Å². The van der Waals surface area contributed by atoms with Gasteiger partial charge in [-0.15, -0.1) is 0 Å². The smallest absolute Gasteiger partial charge is 0.163 e. The average molecular weight is 265 g/mol. The van der Waals surface area contributed by atoms with Gasteiger partial charge in [0.2, 0.25) is 0 Å². The van der Waals surface area contributed by atoms with E-state index in [1.807, 2.05) is 6.92 Å². The molecular formula is C13H13ClN2O2. The minimum atomic E-state index is -0.0141.